The molecule has 0 bridgehead atoms. The van der Waals surface area contributed by atoms with Gasteiger partial charge in [-0.2, -0.15) is 0 Å². The van der Waals surface area contributed by atoms with E-state index in [-0.39, 0.29) is 6.03 Å². The van der Waals surface area contributed by atoms with Crippen LogP contribution in [0.15, 0.2) is 42.5 Å². The zero-order valence-electron chi connectivity index (χ0n) is 10.8. The number of nitrogens with one attached hydrogen (secondary N) is 2. The number of rotatable bonds is 2. The van der Waals surface area contributed by atoms with Crippen molar-refractivity contribution >= 4 is 40.0 Å². The maximum Gasteiger partial charge on any atom is 0.323 e. The molecule has 2 aromatic carbocycles. The topological polar surface area (TPSA) is 41.1 Å². The van der Waals surface area contributed by atoms with Crippen molar-refractivity contribution in [2.75, 3.05) is 10.6 Å². The Morgan fingerprint density at radius 1 is 1.00 bits per heavy atom. The van der Waals surface area contributed by atoms with E-state index in [4.69, 9.17) is 0 Å². The lowest BCUT2D eigenvalue weighted by atomic mass is 10.1. The Balaban J connectivity index is 2.08. The number of carbonyl (C=O) groups is 1. The molecule has 0 atom stereocenters. The Bertz CT molecular complexity index is 611. The van der Waals surface area contributed by atoms with Crippen LogP contribution >= 0.6 is 22.6 Å². The Kier molecular flexibility index (Phi) is 4.42. The number of benzene rings is 2. The molecule has 0 saturated carbocycles. The summed E-state index contributed by atoms with van der Waals surface area (Å²) in [7, 11) is 0. The summed E-state index contributed by atoms with van der Waals surface area (Å²) in [6, 6.07) is 13.4. The van der Waals surface area contributed by atoms with Crippen LogP contribution < -0.4 is 10.6 Å². The third-order valence-corrected chi connectivity index (χ3v) is 3.69. The summed E-state index contributed by atoms with van der Waals surface area (Å²) in [6.45, 7) is 4.01. The van der Waals surface area contributed by atoms with Gasteiger partial charge in [-0.1, -0.05) is 29.8 Å². The van der Waals surface area contributed by atoms with Gasteiger partial charge in [0, 0.05) is 9.26 Å². The smallest absolute Gasteiger partial charge is 0.307 e. The highest BCUT2D eigenvalue weighted by Crippen LogP contribution is 2.19. The minimum atomic E-state index is -0.226. The molecular formula is C15H15IN2O. The van der Waals surface area contributed by atoms with Crippen LogP contribution in [0.1, 0.15) is 11.1 Å². The molecule has 0 spiro atoms. The molecule has 0 heterocycles. The fourth-order valence-corrected chi connectivity index (χ4v) is 2.31. The van der Waals surface area contributed by atoms with Crippen molar-refractivity contribution in [2.24, 2.45) is 0 Å². The molecule has 4 heteroatoms. The van der Waals surface area contributed by atoms with Crippen molar-refractivity contribution in [3.05, 3.63) is 57.2 Å². The van der Waals surface area contributed by atoms with Crippen LogP contribution in [0.25, 0.3) is 0 Å². The van der Waals surface area contributed by atoms with E-state index in [1.807, 2.05) is 56.3 Å². The largest absolute Gasteiger partial charge is 0.323 e. The van der Waals surface area contributed by atoms with Gasteiger partial charge in [0.1, 0.15) is 0 Å². The predicted molar refractivity (Wildman–Crippen MR) is 87.7 cm³/mol. The normalized spacial score (nSPS) is 10.1. The van der Waals surface area contributed by atoms with Gasteiger partial charge in [0.2, 0.25) is 0 Å². The molecule has 0 saturated heterocycles. The van der Waals surface area contributed by atoms with Crippen molar-refractivity contribution in [3.8, 4) is 0 Å². The Labute approximate surface area is 126 Å². The molecule has 2 aromatic rings. The summed E-state index contributed by atoms with van der Waals surface area (Å²) < 4.78 is 1.01. The lowest BCUT2D eigenvalue weighted by Crippen LogP contribution is -2.20. The number of hydrogen-bond donors (Lipinski definition) is 2. The number of anilines is 2. The summed E-state index contributed by atoms with van der Waals surface area (Å²) in [4.78, 5) is 11.9. The van der Waals surface area contributed by atoms with Gasteiger partial charge in [0.05, 0.1) is 5.69 Å². The molecule has 0 unspecified atom stereocenters. The maximum atomic E-state index is 11.9. The fourth-order valence-electron chi connectivity index (χ4n) is 1.79. The van der Waals surface area contributed by atoms with Crippen molar-refractivity contribution in [3.63, 3.8) is 0 Å². The van der Waals surface area contributed by atoms with Gasteiger partial charge >= 0.3 is 6.03 Å². The lowest BCUT2D eigenvalue weighted by molar-refractivity contribution is 0.262. The van der Waals surface area contributed by atoms with Gasteiger partial charge in [-0.25, -0.2) is 4.79 Å². The van der Waals surface area contributed by atoms with Crippen LogP contribution in [0.3, 0.4) is 0 Å². The third kappa shape index (κ3) is 3.70. The maximum absolute atomic E-state index is 11.9. The van der Waals surface area contributed by atoms with Gasteiger partial charge in [-0.3, -0.25) is 0 Å². The monoisotopic (exact) mass is 366 g/mol. The van der Waals surface area contributed by atoms with Gasteiger partial charge in [0.25, 0.3) is 0 Å². The van der Waals surface area contributed by atoms with Gasteiger partial charge in [-0.05, 0) is 60.2 Å². The third-order valence-electron chi connectivity index (χ3n) is 2.75. The van der Waals surface area contributed by atoms with E-state index in [2.05, 4.69) is 33.2 Å². The first-order valence-corrected chi connectivity index (χ1v) is 7.04. The molecule has 19 heavy (non-hydrogen) atoms. The molecule has 98 valence electrons. The number of amides is 2. The summed E-state index contributed by atoms with van der Waals surface area (Å²) in [5.41, 5.74) is 3.87. The highest BCUT2D eigenvalue weighted by molar-refractivity contribution is 14.1. The quantitative estimate of drug-likeness (QED) is 0.753. The summed E-state index contributed by atoms with van der Waals surface area (Å²) in [5.74, 6) is 0. The van der Waals surface area contributed by atoms with Crippen molar-refractivity contribution in [1.29, 1.82) is 0 Å². The number of aryl methyl sites for hydroxylation is 2. The molecule has 2 rings (SSSR count). The van der Waals surface area contributed by atoms with Crippen molar-refractivity contribution < 1.29 is 4.79 Å². The standard InChI is InChI=1S/C15H15IN2O/c1-10-7-8-13(11(2)9-10)17-15(19)18-14-6-4-3-5-12(14)16/h3-9H,1-2H3,(H2,17,18,19). The van der Waals surface area contributed by atoms with Crippen molar-refractivity contribution in [1.82, 2.24) is 0 Å². The molecule has 2 N–H and O–H groups in total. The molecule has 2 amide bonds. The van der Waals surface area contributed by atoms with Crippen LogP contribution in [-0.2, 0) is 0 Å². The van der Waals surface area contributed by atoms with Crippen LogP contribution in [-0.4, -0.2) is 6.03 Å². The van der Waals surface area contributed by atoms with Gasteiger partial charge < -0.3 is 10.6 Å². The number of urea groups is 1. The minimum Gasteiger partial charge on any atom is -0.307 e. The second-order valence-corrected chi connectivity index (χ2v) is 5.54. The van der Waals surface area contributed by atoms with E-state index >= 15 is 0 Å². The molecular weight excluding hydrogens is 351 g/mol. The van der Waals surface area contributed by atoms with Crippen LogP contribution in [0.4, 0.5) is 16.2 Å². The van der Waals surface area contributed by atoms with E-state index in [0.717, 1.165) is 20.5 Å². The molecule has 0 aliphatic rings. The highest BCUT2D eigenvalue weighted by atomic mass is 127. The summed E-state index contributed by atoms with van der Waals surface area (Å²) in [6.07, 6.45) is 0. The highest BCUT2D eigenvalue weighted by Gasteiger charge is 2.06. The SMILES string of the molecule is Cc1ccc(NC(=O)Nc2ccccc2I)c(C)c1. The predicted octanol–water partition coefficient (Wildman–Crippen LogP) is 4.55. The Morgan fingerprint density at radius 2 is 1.68 bits per heavy atom. The molecule has 0 radical (unpaired) electrons. The summed E-state index contributed by atoms with van der Waals surface area (Å²) >= 11 is 2.19. The van der Waals surface area contributed by atoms with Crippen LogP contribution in [0.2, 0.25) is 0 Å². The van der Waals surface area contributed by atoms with E-state index in [9.17, 15) is 4.79 Å². The molecule has 3 nitrogen and oxygen atoms in total. The van der Waals surface area contributed by atoms with Gasteiger partial charge in [0.15, 0.2) is 0 Å². The second-order valence-electron chi connectivity index (χ2n) is 4.38. The molecule has 0 aromatic heterocycles. The van der Waals surface area contributed by atoms with Crippen molar-refractivity contribution in [2.45, 2.75) is 13.8 Å². The number of hydrogen-bond acceptors (Lipinski definition) is 1. The number of para-hydroxylation sites is 1. The van der Waals surface area contributed by atoms with E-state index in [0.29, 0.717) is 0 Å². The average Bonchev–Trinajstić information content (AvgIpc) is 2.36. The molecule has 0 fully saturated rings. The minimum absolute atomic E-state index is 0.226. The zero-order chi connectivity index (χ0) is 13.8. The van der Waals surface area contributed by atoms with Crippen LogP contribution in [0, 0.1) is 17.4 Å². The molecule has 0 aliphatic carbocycles. The average molecular weight is 366 g/mol. The zero-order valence-corrected chi connectivity index (χ0v) is 13.0. The first kappa shape index (κ1) is 13.9. The Hall–Kier alpha value is -1.56. The lowest BCUT2D eigenvalue weighted by Gasteiger charge is -2.11. The summed E-state index contributed by atoms with van der Waals surface area (Å²) in [5, 5.41) is 5.70. The van der Waals surface area contributed by atoms with Gasteiger partial charge in [-0.15, -0.1) is 0 Å². The molecule has 0 aliphatic heterocycles. The fraction of sp³-hybridized carbons (Fsp3) is 0.133. The Morgan fingerprint density at radius 3 is 2.37 bits per heavy atom. The van der Waals surface area contributed by atoms with E-state index < -0.39 is 0 Å². The van der Waals surface area contributed by atoms with E-state index in [1.165, 1.54) is 5.56 Å². The van der Waals surface area contributed by atoms with Crippen LogP contribution in [0.5, 0.6) is 0 Å². The second kappa shape index (κ2) is 6.06. The first-order chi connectivity index (χ1) is 9.06. The number of carbonyl (C=O) groups excluding carboxylic acids is 1. The number of halogens is 1. The van der Waals surface area contributed by atoms with E-state index in [1.54, 1.807) is 0 Å². The first-order valence-electron chi connectivity index (χ1n) is 5.96.